The molecule has 1 aliphatic carbocycles. The van der Waals surface area contributed by atoms with Crippen molar-refractivity contribution in [2.45, 2.75) is 32.1 Å². The number of benzene rings is 1. The van der Waals surface area contributed by atoms with E-state index in [-0.39, 0.29) is 22.9 Å². The first kappa shape index (κ1) is 18.2. The largest absolute Gasteiger partial charge is 0.481 e. The molecule has 8 nitrogen and oxygen atoms in total. The molecule has 3 rings (SSSR count). The number of non-ortho nitro benzene ring substituents is 1. The molecule has 1 spiro atoms. The van der Waals surface area contributed by atoms with E-state index in [0.29, 0.717) is 32.5 Å². The minimum absolute atomic E-state index is 0.0504. The van der Waals surface area contributed by atoms with Gasteiger partial charge in [0.25, 0.3) is 5.69 Å². The van der Waals surface area contributed by atoms with Crippen LogP contribution in [0.25, 0.3) is 0 Å². The van der Waals surface area contributed by atoms with Gasteiger partial charge in [-0.25, -0.2) is 0 Å². The third kappa shape index (κ3) is 3.95. The fourth-order valence-electron chi connectivity index (χ4n) is 3.78. The van der Waals surface area contributed by atoms with E-state index < -0.39 is 10.9 Å². The fraction of sp³-hybridized carbons (Fsp3) is 0.556. The van der Waals surface area contributed by atoms with Crippen molar-refractivity contribution in [2.24, 2.45) is 11.3 Å². The Morgan fingerprint density at radius 1 is 1.27 bits per heavy atom. The highest BCUT2D eigenvalue weighted by Crippen LogP contribution is 2.59. The molecule has 1 heterocycles. The van der Waals surface area contributed by atoms with Crippen molar-refractivity contribution < 1.29 is 19.6 Å². The molecule has 1 saturated heterocycles. The number of rotatable bonds is 7. The SMILES string of the molecule is O=C(O)C1CC12CCN(C(=O)CCCNc1ccc([N+](=O)[O-])cc1)CC2. The highest BCUT2D eigenvalue weighted by atomic mass is 16.6. The van der Waals surface area contributed by atoms with Crippen LogP contribution in [0.4, 0.5) is 11.4 Å². The van der Waals surface area contributed by atoms with Gasteiger partial charge in [-0.3, -0.25) is 19.7 Å². The second kappa shape index (κ2) is 7.31. The van der Waals surface area contributed by atoms with E-state index in [0.717, 1.165) is 24.9 Å². The number of nitrogens with one attached hydrogen (secondary N) is 1. The molecule has 2 fully saturated rings. The normalized spacial score (nSPS) is 20.6. The summed E-state index contributed by atoms with van der Waals surface area (Å²) in [4.78, 5) is 35.4. The molecule has 1 saturated carbocycles. The van der Waals surface area contributed by atoms with Crippen LogP contribution in [0.2, 0.25) is 0 Å². The van der Waals surface area contributed by atoms with Crippen molar-refractivity contribution >= 4 is 23.3 Å². The number of nitro groups is 1. The second-order valence-electron chi connectivity index (χ2n) is 7.17. The van der Waals surface area contributed by atoms with E-state index in [2.05, 4.69) is 5.32 Å². The molecule has 26 heavy (non-hydrogen) atoms. The van der Waals surface area contributed by atoms with Crippen LogP contribution in [0.5, 0.6) is 0 Å². The number of hydrogen-bond acceptors (Lipinski definition) is 5. The van der Waals surface area contributed by atoms with Crippen LogP contribution in [0, 0.1) is 21.4 Å². The molecule has 0 aromatic heterocycles. The van der Waals surface area contributed by atoms with E-state index in [9.17, 15) is 19.7 Å². The average molecular weight is 361 g/mol. The first-order valence-corrected chi connectivity index (χ1v) is 8.90. The van der Waals surface area contributed by atoms with Gasteiger partial charge in [0.2, 0.25) is 5.91 Å². The van der Waals surface area contributed by atoms with Gasteiger partial charge in [0.15, 0.2) is 0 Å². The Morgan fingerprint density at radius 3 is 2.46 bits per heavy atom. The molecule has 1 atom stereocenters. The van der Waals surface area contributed by atoms with Gasteiger partial charge in [-0.05, 0) is 43.2 Å². The van der Waals surface area contributed by atoms with E-state index >= 15 is 0 Å². The number of amides is 1. The Morgan fingerprint density at radius 2 is 1.92 bits per heavy atom. The summed E-state index contributed by atoms with van der Waals surface area (Å²) in [5.74, 6) is -0.814. The highest BCUT2D eigenvalue weighted by Gasteiger charge is 2.59. The zero-order chi connectivity index (χ0) is 18.7. The Balaban J connectivity index is 1.35. The molecular weight excluding hydrogens is 338 g/mol. The summed E-state index contributed by atoms with van der Waals surface area (Å²) in [7, 11) is 0. The number of carboxylic acids is 1. The van der Waals surface area contributed by atoms with E-state index in [1.165, 1.54) is 12.1 Å². The number of carbonyl (C=O) groups is 2. The summed E-state index contributed by atoms with van der Waals surface area (Å²) in [6, 6.07) is 6.19. The van der Waals surface area contributed by atoms with Crippen LogP contribution in [-0.4, -0.2) is 46.4 Å². The Hall–Kier alpha value is -2.64. The van der Waals surface area contributed by atoms with E-state index in [1.807, 2.05) is 4.90 Å². The summed E-state index contributed by atoms with van der Waals surface area (Å²) >= 11 is 0. The molecule has 140 valence electrons. The minimum Gasteiger partial charge on any atom is -0.481 e. The van der Waals surface area contributed by atoms with Crippen LogP contribution in [0.15, 0.2) is 24.3 Å². The molecule has 2 aliphatic rings. The molecule has 1 aliphatic heterocycles. The second-order valence-corrected chi connectivity index (χ2v) is 7.17. The van der Waals surface area contributed by atoms with Crippen molar-refractivity contribution in [1.82, 2.24) is 4.90 Å². The predicted molar refractivity (Wildman–Crippen MR) is 94.8 cm³/mol. The average Bonchev–Trinajstić information content (AvgIpc) is 3.33. The topological polar surface area (TPSA) is 113 Å². The van der Waals surface area contributed by atoms with E-state index in [1.54, 1.807) is 12.1 Å². The Labute approximate surface area is 151 Å². The van der Waals surface area contributed by atoms with Crippen molar-refractivity contribution in [3.05, 3.63) is 34.4 Å². The molecule has 1 aromatic carbocycles. The molecule has 8 heteroatoms. The van der Waals surface area contributed by atoms with E-state index in [4.69, 9.17) is 5.11 Å². The van der Waals surface area contributed by atoms with Crippen molar-refractivity contribution in [3.8, 4) is 0 Å². The fourth-order valence-corrected chi connectivity index (χ4v) is 3.78. The van der Waals surface area contributed by atoms with Crippen LogP contribution >= 0.6 is 0 Å². The number of nitrogens with zero attached hydrogens (tertiary/aromatic N) is 2. The van der Waals surface area contributed by atoms with Gasteiger partial charge in [-0.15, -0.1) is 0 Å². The van der Waals surface area contributed by atoms with Gasteiger partial charge in [0.05, 0.1) is 10.8 Å². The Bertz CT molecular complexity index is 695. The quantitative estimate of drug-likeness (QED) is 0.438. The standard InChI is InChI=1S/C18H23N3O5/c22-16(20-10-7-18(8-11-20)12-15(18)17(23)24)2-1-9-19-13-3-5-14(6-4-13)21(25)26/h3-6,15,19H,1-2,7-12H2,(H,23,24). The Kier molecular flexibility index (Phi) is 5.11. The van der Waals surface area contributed by atoms with Gasteiger partial charge < -0.3 is 15.3 Å². The van der Waals surface area contributed by atoms with Crippen molar-refractivity contribution in [1.29, 1.82) is 0 Å². The van der Waals surface area contributed by atoms with Crippen LogP contribution in [-0.2, 0) is 9.59 Å². The number of carboxylic acid groups (broad SMARTS) is 1. The molecule has 1 amide bonds. The molecule has 1 unspecified atom stereocenters. The predicted octanol–water partition coefficient (Wildman–Crippen LogP) is 2.50. The third-order valence-corrected chi connectivity index (χ3v) is 5.57. The van der Waals surface area contributed by atoms with Crippen LogP contribution < -0.4 is 5.32 Å². The molecule has 0 radical (unpaired) electrons. The molecule has 1 aromatic rings. The summed E-state index contributed by atoms with van der Waals surface area (Å²) in [6.07, 6.45) is 3.45. The lowest BCUT2D eigenvalue weighted by Gasteiger charge is -2.32. The van der Waals surface area contributed by atoms with Gasteiger partial charge in [-0.1, -0.05) is 0 Å². The number of carbonyl (C=O) groups excluding carboxylic acids is 1. The maximum absolute atomic E-state index is 12.3. The van der Waals surface area contributed by atoms with Gasteiger partial charge in [0.1, 0.15) is 0 Å². The first-order chi connectivity index (χ1) is 12.4. The maximum atomic E-state index is 12.3. The van der Waals surface area contributed by atoms with Crippen LogP contribution in [0.3, 0.4) is 0 Å². The lowest BCUT2D eigenvalue weighted by atomic mass is 9.90. The van der Waals surface area contributed by atoms with Crippen molar-refractivity contribution in [2.75, 3.05) is 25.0 Å². The lowest BCUT2D eigenvalue weighted by molar-refractivity contribution is -0.384. The number of hydrogen-bond donors (Lipinski definition) is 2. The number of nitro benzene ring substituents is 1. The van der Waals surface area contributed by atoms with Gasteiger partial charge >= 0.3 is 5.97 Å². The maximum Gasteiger partial charge on any atom is 0.307 e. The number of piperidine rings is 1. The monoisotopic (exact) mass is 361 g/mol. The minimum atomic E-state index is -0.706. The molecular formula is C18H23N3O5. The van der Waals surface area contributed by atoms with Gasteiger partial charge in [-0.2, -0.15) is 0 Å². The summed E-state index contributed by atoms with van der Waals surface area (Å²) in [5.41, 5.74) is 0.783. The first-order valence-electron chi connectivity index (χ1n) is 8.90. The highest BCUT2D eigenvalue weighted by molar-refractivity contribution is 5.77. The number of aliphatic carboxylic acids is 1. The summed E-state index contributed by atoms with van der Waals surface area (Å²) in [6.45, 7) is 1.92. The third-order valence-electron chi connectivity index (χ3n) is 5.57. The lowest BCUT2D eigenvalue weighted by Crippen LogP contribution is -2.40. The smallest absolute Gasteiger partial charge is 0.307 e. The number of likely N-dealkylation sites (tertiary alicyclic amines) is 1. The van der Waals surface area contributed by atoms with Gasteiger partial charge in [0, 0.05) is 43.9 Å². The zero-order valence-electron chi connectivity index (χ0n) is 14.5. The van der Waals surface area contributed by atoms with Crippen molar-refractivity contribution in [3.63, 3.8) is 0 Å². The van der Waals surface area contributed by atoms with Crippen LogP contribution in [0.1, 0.15) is 32.1 Å². The number of anilines is 1. The molecule has 2 N–H and O–H groups in total. The molecule has 0 bridgehead atoms. The zero-order valence-corrected chi connectivity index (χ0v) is 14.5. The summed E-state index contributed by atoms with van der Waals surface area (Å²) in [5, 5.41) is 22.9. The summed E-state index contributed by atoms with van der Waals surface area (Å²) < 4.78 is 0.